The van der Waals surface area contributed by atoms with Gasteiger partial charge in [0.15, 0.2) is 0 Å². The molecule has 1 saturated carbocycles. The molecule has 0 atom stereocenters. The lowest BCUT2D eigenvalue weighted by atomic mass is 9.91. The summed E-state index contributed by atoms with van der Waals surface area (Å²) in [6, 6.07) is 5.90. The number of carbonyl (C=O) groups excluding carboxylic acids is 1. The predicted molar refractivity (Wildman–Crippen MR) is 121 cm³/mol. The first-order valence-electron chi connectivity index (χ1n) is 10.8. The molecule has 0 spiro atoms. The molecule has 3 aromatic rings. The molecule has 1 aliphatic carbocycles. The van der Waals surface area contributed by atoms with E-state index in [0.29, 0.717) is 47.0 Å². The number of fused-ring (bicyclic) bond motifs is 1. The van der Waals surface area contributed by atoms with Crippen molar-refractivity contribution in [3.05, 3.63) is 36.3 Å². The minimum atomic E-state index is -0.146. The van der Waals surface area contributed by atoms with Gasteiger partial charge in [-0.05, 0) is 37.8 Å². The summed E-state index contributed by atoms with van der Waals surface area (Å²) >= 11 is 0. The van der Waals surface area contributed by atoms with Crippen molar-refractivity contribution >= 4 is 16.9 Å². The fraction of sp³-hybridized carbons (Fsp3) is 0.435. The highest BCUT2D eigenvalue weighted by atomic mass is 16.5. The number of rotatable bonds is 8. The molecule has 0 radical (unpaired) electrons. The van der Waals surface area contributed by atoms with E-state index in [9.17, 15) is 4.79 Å². The van der Waals surface area contributed by atoms with Crippen molar-refractivity contribution in [2.24, 2.45) is 5.73 Å². The normalized spacial score (nSPS) is 18.5. The van der Waals surface area contributed by atoms with Gasteiger partial charge in [-0.15, -0.1) is 0 Å². The fourth-order valence-electron chi connectivity index (χ4n) is 4.02. The van der Waals surface area contributed by atoms with Crippen LogP contribution in [0.3, 0.4) is 0 Å². The summed E-state index contributed by atoms with van der Waals surface area (Å²) in [7, 11) is 3.23. The van der Waals surface area contributed by atoms with Crippen LogP contribution in [0.1, 0.15) is 36.0 Å². The van der Waals surface area contributed by atoms with Crippen LogP contribution in [0.25, 0.3) is 22.3 Å². The molecular formula is C23H29N5O4. The second-order valence-electron chi connectivity index (χ2n) is 7.94. The highest BCUT2D eigenvalue weighted by molar-refractivity contribution is 6.07. The molecule has 4 rings (SSSR count). The van der Waals surface area contributed by atoms with Gasteiger partial charge >= 0.3 is 0 Å². The molecule has 1 amide bonds. The second-order valence-corrected chi connectivity index (χ2v) is 7.94. The van der Waals surface area contributed by atoms with E-state index in [1.165, 1.54) is 6.33 Å². The van der Waals surface area contributed by atoms with Gasteiger partial charge in [-0.1, -0.05) is 0 Å². The van der Waals surface area contributed by atoms with Crippen LogP contribution >= 0.6 is 0 Å². The first kappa shape index (κ1) is 22.0. The SMILES string of the molecule is COCCOc1cc(OC)ccc1-c1ncnc2c(C(=O)N[C@H]3CC[C@H](N)CC3)c[nH]c12. The Morgan fingerprint density at radius 3 is 2.75 bits per heavy atom. The smallest absolute Gasteiger partial charge is 0.255 e. The number of aromatic amines is 1. The summed E-state index contributed by atoms with van der Waals surface area (Å²) in [6.07, 6.45) is 6.78. The van der Waals surface area contributed by atoms with Gasteiger partial charge in [-0.3, -0.25) is 4.79 Å². The molecule has 0 saturated heterocycles. The van der Waals surface area contributed by atoms with Crippen LogP contribution < -0.4 is 20.5 Å². The Balaban J connectivity index is 1.64. The number of methoxy groups -OCH3 is 2. The standard InChI is InChI=1S/C23H29N5O4/c1-30-9-10-32-19-11-16(31-2)7-8-17(19)20-22-21(27-13-26-20)18(12-25-22)23(29)28-15-5-3-14(24)4-6-15/h7-8,11-15,25H,3-6,9-10,24H2,1-2H3,(H,28,29)/t14-,15-. The van der Waals surface area contributed by atoms with E-state index in [2.05, 4.69) is 20.3 Å². The molecule has 1 aromatic carbocycles. The van der Waals surface area contributed by atoms with Crippen molar-refractivity contribution in [1.82, 2.24) is 20.3 Å². The zero-order chi connectivity index (χ0) is 22.5. The molecule has 2 heterocycles. The molecule has 9 nitrogen and oxygen atoms in total. The Labute approximate surface area is 186 Å². The molecule has 170 valence electrons. The number of ether oxygens (including phenoxy) is 3. The van der Waals surface area contributed by atoms with Crippen molar-refractivity contribution in [2.45, 2.75) is 37.8 Å². The van der Waals surface area contributed by atoms with Crippen LogP contribution in [0.4, 0.5) is 0 Å². The highest BCUT2D eigenvalue weighted by Crippen LogP contribution is 2.36. The average molecular weight is 440 g/mol. The number of benzene rings is 1. The van der Waals surface area contributed by atoms with E-state index in [1.807, 2.05) is 18.2 Å². The van der Waals surface area contributed by atoms with E-state index in [1.54, 1.807) is 20.4 Å². The van der Waals surface area contributed by atoms with Crippen LogP contribution in [0, 0.1) is 0 Å². The van der Waals surface area contributed by atoms with E-state index in [-0.39, 0.29) is 18.0 Å². The summed E-state index contributed by atoms with van der Waals surface area (Å²) in [5.41, 5.74) is 9.13. The molecule has 9 heteroatoms. The maximum Gasteiger partial charge on any atom is 0.255 e. The third-order valence-electron chi connectivity index (χ3n) is 5.80. The zero-order valence-corrected chi connectivity index (χ0v) is 18.4. The van der Waals surface area contributed by atoms with E-state index in [0.717, 1.165) is 31.2 Å². The number of amides is 1. The topological polar surface area (TPSA) is 124 Å². The molecule has 4 N–H and O–H groups in total. The Kier molecular flexibility index (Phi) is 6.87. The van der Waals surface area contributed by atoms with Crippen LogP contribution in [0.2, 0.25) is 0 Å². The molecule has 0 aliphatic heterocycles. The summed E-state index contributed by atoms with van der Waals surface area (Å²) in [5.74, 6) is 1.14. The maximum atomic E-state index is 13.0. The highest BCUT2D eigenvalue weighted by Gasteiger charge is 2.23. The summed E-state index contributed by atoms with van der Waals surface area (Å²) in [6.45, 7) is 0.836. The van der Waals surface area contributed by atoms with Gasteiger partial charge in [0.05, 0.1) is 24.8 Å². The molecule has 1 aliphatic rings. The number of hydrogen-bond donors (Lipinski definition) is 3. The van der Waals surface area contributed by atoms with Crippen LogP contribution in [-0.2, 0) is 4.74 Å². The molecule has 0 unspecified atom stereocenters. The van der Waals surface area contributed by atoms with Gasteiger partial charge in [0.1, 0.15) is 35.6 Å². The van der Waals surface area contributed by atoms with Gasteiger partial charge in [-0.2, -0.15) is 0 Å². The minimum absolute atomic E-state index is 0.135. The average Bonchev–Trinajstić information content (AvgIpc) is 3.25. The number of nitrogens with one attached hydrogen (secondary N) is 2. The minimum Gasteiger partial charge on any atom is -0.497 e. The van der Waals surface area contributed by atoms with Crippen molar-refractivity contribution in [3.63, 3.8) is 0 Å². The van der Waals surface area contributed by atoms with Crippen molar-refractivity contribution in [2.75, 3.05) is 27.4 Å². The Morgan fingerprint density at radius 2 is 2.00 bits per heavy atom. The Morgan fingerprint density at radius 1 is 1.19 bits per heavy atom. The van der Waals surface area contributed by atoms with Gasteiger partial charge in [-0.25, -0.2) is 9.97 Å². The number of nitrogens with two attached hydrogens (primary N) is 1. The summed E-state index contributed by atoms with van der Waals surface area (Å²) < 4.78 is 16.4. The van der Waals surface area contributed by atoms with E-state index in [4.69, 9.17) is 19.9 Å². The van der Waals surface area contributed by atoms with Gasteiger partial charge in [0, 0.05) is 37.0 Å². The van der Waals surface area contributed by atoms with Gasteiger partial charge in [0.2, 0.25) is 0 Å². The van der Waals surface area contributed by atoms with Crippen molar-refractivity contribution in [3.8, 4) is 22.8 Å². The molecule has 0 bridgehead atoms. The second kappa shape index (κ2) is 9.97. The maximum absolute atomic E-state index is 13.0. The largest absolute Gasteiger partial charge is 0.497 e. The number of hydrogen-bond acceptors (Lipinski definition) is 7. The lowest BCUT2D eigenvalue weighted by molar-refractivity contribution is 0.0927. The zero-order valence-electron chi connectivity index (χ0n) is 18.4. The third-order valence-corrected chi connectivity index (χ3v) is 5.80. The van der Waals surface area contributed by atoms with E-state index >= 15 is 0 Å². The first-order valence-corrected chi connectivity index (χ1v) is 10.8. The summed E-state index contributed by atoms with van der Waals surface area (Å²) in [4.78, 5) is 25.0. The third kappa shape index (κ3) is 4.68. The summed E-state index contributed by atoms with van der Waals surface area (Å²) in [5, 5.41) is 3.12. The van der Waals surface area contributed by atoms with Crippen LogP contribution in [0.15, 0.2) is 30.7 Å². The Hall–Kier alpha value is -3.17. The lowest BCUT2D eigenvalue weighted by Gasteiger charge is -2.26. The van der Waals surface area contributed by atoms with Crippen LogP contribution in [0.5, 0.6) is 11.5 Å². The number of H-pyrrole nitrogens is 1. The van der Waals surface area contributed by atoms with E-state index < -0.39 is 0 Å². The Bertz CT molecular complexity index is 1080. The molecule has 2 aromatic heterocycles. The number of aromatic nitrogens is 3. The van der Waals surface area contributed by atoms with Crippen LogP contribution in [-0.4, -0.2) is 60.4 Å². The molecule has 1 fully saturated rings. The first-order chi connectivity index (χ1) is 15.6. The number of nitrogens with zero attached hydrogens (tertiary/aromatic N) is 2. The van der Waals surface area contributed by atoms with Gasteiger partial charge in [0.25, 0.3) is 5.91 Å². The lowest BCUT2D eigenvalue weighted by Crippen LogP contribution is -2.40. The molecule has 32 heavy (non-hydrogen) atoms. The van der Waals surface area contributed by atoms with Crippen molar-refractivity contribution in [1.29, 1.82) is 0 Å². The quantitative estimate of drug-likeness (QED) is 0.461. The van der Waals surface area contributed by atoms with Crippen molar-refractivity contribution < 1.29 is 19.0 Å². The van der Waals surface area contributed by atoms with Gasteiger partial charge < -0.3 is 30.2 Å². The predicted octanol–water partition coefficient (Wildman–Crippen LogP) is 2.66. The fourth-order valence-corrected chi connectivity index (χ4v) is 4.02. The monoisotopic (exact) mass is 439 g/mol. The number of carbonyl (C=O) groups is 1. The molecular weight excluding hydrogens is 410 g/mol.